The SMILES string of the molecule is CC1CN(C(C)(C)C(C)C)CC(CCC(C)C(C)(C)N2CCOC3(CC3)C2)O1. The fourth-order valence-corrected chi connectivity index (χ4v) is 4.92. The van der Waals surface area contributed by atoms with Gasteiger partial charge in [-0.15, -0.1) is 0 Å². The normalized spacial score (nSPS) is 30.8. The zero-order valence-electron chi connectivity index (χ0n) is 19.9. The summed E-state index contributed by atoms with van der Waals surface area (Å²) in [6, 6.07) is 0. The third kappa shape index (κ3) is 4.77. The van der Waals surface area contributed by atoms with Crippen LogP contribution in [0.1, 0.15) is 81.1 Å². The Bertz CT molecular complexity index is 527. The van der Waals surface area contributed by atoms with Crippen molar-refractivity contribution >= 4 is 0 Å². The molecule has 3 atom stereocenters. The molecule has 3 aliphatic rings. The smallest absolute Gasteiger partial charge is 0.0811 e. The summed E-state index contributed by atoms with van der Waals surface area (Å²) in [7, 11) is 0. The van der Waals surface area contributed by atoms with Crippen molar-refractivity contribution < 1.29 is 9.47 Å². The van der Waals surface area contributed by atoms with E-state index in [2.05, 4.69) is 65.2 Å². The molecular weight excluding hydrogens is 348 g/mol. The van der Waals surface area contributed by atoms with E-state index in [4.69, 9.17) is 9.47 Å². The molecule has 28 heavy (non-hydrogen) atoms. The van der Waals surface area contributed by atoms with E-state index in [1.807, 2.05) is 0 Å². The van der Waals surface area contributed by atoms with E-state index < -0.39 is 0 Å². The Labute approximate surface area is 174 Å². The van der Waals surface area contributed by atoms with Gasteiger partial charge in [-0.2, -0.15) is 0 Å². The van der Waals surface area contributed by atoms with Crippen molar-refractivity contribution in [2.75, 3.05) is 32.8 Å². The van der Waals surface area contributed by atoms with Gasteiger partial charge in [-0.3, -0.25) is 9.80 Å². The van der Waals surface area contributed by atoms with Crippen molar-refractivity contribution in [3.63, 3.8) is 0 Å². The van der Waals surface area contributed by atoms with Crippen LogP contribution in [0.5, 0.6) is 0 Å². The number of ether oxygens (including phenoxy) is 2. The molecule has 0 aromatic rings. The molecule has 1 aliphatic carbocycles. The molecule has 164 valence electrons. The number of hydrogen-bond acceptors (Lipinski definition) is 4. The third-order valence-electron chi connectivity index (χ3n) is 8.55. The van der Waals surface area contributed by atoms with Crippen LogP contribution in [0.4, 0.5) is 0 Å². The number of hydrogen-bond donors (Lipinski definition) is 0. The summed E-state index contributed by atoms with van der Waals surface area (Å²) < 4.78 is 12.4. The summed E-state index contributed by atoms with van der Waals surface area (Å²) >= 11 is 0. The Kier molecular flexibility index (Phi) is 6.57. The molecule has 0 aromatic heterocycles. The molecular formula is C24H46N2O2. The maximum Gasteiger partial charge on any atom is 0.0811 e. The van der Waals surface area contributed by atoms with Crippen molar-refractivity contribution in [3.8, 4) is 0 Å². The lowest BCUT2D eigenvalue weighted by Crippen LogP contribution is -2.58. The van der Waals surface area contributed by atoms with Gasteiger partial charge in [0.15, 0.2) is 0 Å². The van der Waals surface area contributed by atoms with Gasteiger partial charge in [-0.05, 0) is 72.1 Å². The van der Waals surface area contributed by atoms with Gasteiger partial charge in [0.1, 0.15) is 0 Å². The van der Waals surface area contributed by atoms with Crippen LogP contribution in [0.25, 0.3) is 0 Å². The van der Waals surface area contributed by atoms with Crippen molar-refractivity contribution in [1.29, 1.82) is 0 Å². The predicted molar refractivity (Wildman–Crippen MR) is 117 cm³/mol. The van der Waals surface area contributed by atoms with Gasteiger partial charge in [0.2, 0.25) is 0 Å². The number of nitrogens with zero attached hydrogens (tertiary/aromatic N) is 2. The molecule has 2 saturated heterocycles. The van der Waals surface area contributed by atoms with Gasteiger partial charge in [0.05, 0.1) is 24.4 Å². The van der Waals surface area contributed by atoms with Gasteiger partial charge in [0, 0.05) is 37.3 Å². The molecule has 0 radical (unpaired) electrons. The first kappa shape index (κ1) is 22.5. The summed E-state index contributed by atoms with van der Waals surface area (Å²) in [5, 5.41) is 0. The molecule has 0 amide bonds. The fraction of sp³-hybridized carbons (Fsp3) is 1.00. The lowest BCUT2D eigenvalue weighted by molar-refractivity contribution is -0.118. The summed E-state index contributed by atoms with van der Waals surface area (Å²) in [4.78, 5) is 5.37. The monoisotopic (exact) mass is 394 g/mol. The summed E-state index contributed by atoms with van der Waals surface area (Å²) in [6.07, 6.45) is 5.58. The van der Waals surface area contributed by atoms with E-state index in [9.17, 15) is 0 Å². The van der Waals surface area contributed by atoms with Gasteiger partial charge in [-0.25, -0.2) is 0 Å². The Morgan fingerprint density at radius 3 is 2.29 bits per heavy atom. The minimum Gasteiger partial charge on any atom is -0.373 e. The van der Waals surface area contributed by atoms with Crippen LogP contribution in [-0.2, 0) is 9.47 Å². The fourth-order valence-electron chi connectivity index (χ4n) is 4.92. The zero-order valence-corrected chi connectivity index (χ0v) is 19.9. The second kappa shape index (κ2) is 8.17. The van der Waals surface area contributed by atoms with Gasteiger partial charge in [-0.1, -0.05) is 20.8 Å². The summed E-state index contributed by atoms with van der Waals surface area (Å²) in [6.45, 7) is 24.3. The topological polar surface area (TPSA) is 24.9 Å². The first-order chi connectivity index (χ1) is 13.0. The molecule has 2 aliphatic heterocycles. The molecule has 1 spiro atoms. The molecule has 0 aromatic carbocycles. The van der Waals surface area contributed by atoms with E-state index in [1.165, 1.54) is 19.3 Å². The van der Waals surface area contributed by atoms with Crippen LogP contribution < -0.4 is 0 Å². The predicted octanol–water partition coefficient (Wildman–Crippen LogP) is 4.57. The van der Waals surface area contributed by atoms with Crippen molar-refractivity contribution in [2.24, 2.45) is 11.8 Å². The van der Waals surface area contributed by atoms with Crippen molar-refractivity contribution in [1.82, 2.24) is 9.80 Å². The maximum atomic E-state index is 6.37. The molecule has 0 bridgehead atoms. The Balaban J connectivity index is 1.54. The quantitative estimate of drug-likeness (QED) is 0.631. The van der Waals surface area contributed by atoms with Gasteiger partial charge in [0.25, 0.3) is 0 Å². The maximum absolute atomic E-state index is 6.37. The second-order valence-corrected chi connectivity index (χ2v) is 11.4. The summed E-state index contributed by atoms with van der Waals surface area (Å²) in [5.74, 6) is 1.29. The van der Waals surface area contributed by atoms with Crippen LogP contribution in [-0.4, -0.2) is 71.5 Å². The zero-order chi connectivity index (χ0) is 20.7. The van der Waals surface area contributed by atoms with Crippen LogP contribution in [0, 0.1) is 11.8 Å². The van der Waals surface area contributed by atoms with E-state index in [0.29, 0.717) is 24.0 Å². The Morgan fingerprint density at radius 1 is 1.00 bits per heavy atom. The molecule has 2 heterocycles. The molecule has 1 saturated carbocycles. The van der Waals surface area contributed by atoms with E-state index >= 15 is 0 Å². The molecule has 4 nitrogen and oxygen atoms in total. The highest BCUT2D eigenvalue weighted by molar-refractivity contribution is 5.03. The number of morpholine rings is 2. The van der Waals surface area contributed by atoms with Crippen LogP contribution in [0.2, 0.25) is 0 Å². The van der Waals surface area contributed by atoms with E-state index in [-0.39, 0.29) is 16.7 Å². The molecule has 3 fully saturated rings. The molecule has 3 unspecified atom stereocenters. The highest BCUT2D eigenvalue weighted by atomic mass is 16.5. The first-order valence-electron chi connectivity index (χ1n) is 11.8. The minimum absolute atomic E-state index is 0.208. The minimum atomic E-state index is 0.208. The third-order valence-corrected chi connectivity index (χ3v) is 8.55. The highest BCUT2D eigenvalue weighted by Crippen LogP contribution is 2.44. The van der Waals surface area contributed by atoms with E-state index in [1.54, 1.807) is 0 Å². The average Bonchev–Trinajstić information content (AvgIpc) is 3.37. The van der Waals surface area contributed by atoms with Crippen LogP contribution >= 0.6 is 0 Å². The van der Waals surface area contributed by atoms with Crippen LogP contribution in [0.3, 0.4) is 0 Å². The average molecular weight is 395 g/mol. The lowest BCUT2D eigenvalue weighted by atomic mass is 9.82. The molecule has 3 rings (SSSR count). The standard InChI is InChI=1S/C24H46N2O2/c1-18(2)22(5,6)26-15-20(4)28-21(16-26)10-9-19(3)23(7,8)25-13-14-27-24(17-25)11-12-24/h18-21H,9-17H2,1-8H3. The van der Waals surface area contributed by atoms with Crippen LogP contribution in [0.15, 0.2) is 0 Å². The Morgan fingerprint density at radius 2 is 1.68 bits per heavy atom. The lowest BCUT2D eigenvalue weighted by Gasteiger charge is -2.49. The van der Waals surface area contributed by atoms with Crippen molar-refractivity contribution in [3.05, 3.63) is 0 Å². The second-order valence-electron chi connectivity index (χ2n) is 11.4. The Hall–Kier alpha value is -0.160. The molecule has 4 heteroatoms. The molecule has 0 N–H and O–H groups in total. The van der Waals surface area contributed by atoms with Gasteiger partial charge >= 0.3 is 0 Å². The van der Waals surface area contributed by atoms with E-state index in [0.717, 1.165) is 39.2 Å². The largest absolute Gasteiger partial charge is 0.373 e. The number of rotatable bonds is 7. The van der Waals surface area contributed by atoms with Crippen molar-refractivity contribution in [2.45, 2.75) is 110 Å². The first-order valence-corrected chi connectivity index (χ1v) is 11.8. The highest BCUT2D eigenvalue weighted by Gasteiger charge is 2.50. The summed E-state index contributed by atoms with van der Waals surface area (Å²) in [5.41, 5.74) is 0.657. The van der Waals surface area contributed by atoms with Gasteiger partial charge < -0.3 is 9.47 Å².